The van der Waals surface area contributed by atoms with Gasteiger partial charge in [-0.1, -0.05) is 0 Å². The predicted octanol–water partition coefficient (Wildman–Crippen LogP) is 6.01. The number of furan rings is 1. The minimum absolute atomic E-state index is 0.0215. The van der Waals surface area contributed by atoms with E-state index in [2.05, 4.69) is 15.3 Å². The van der Waals surface area contributed by atoms with Crippen LogP contribution in [0.15, 0.2) is 22.8 Å². The molecule has 3 rings (SSSR count). The molecule has 3 aromatic rings. The highest BCUT2D eigenvalue weighted by atomic mass is 35.5. The van der Waals surface area contributed by atoms with Gasteiger partial charge in [-0.15, -0.1) is 11.3 Å². The van der Waals surface area contributed by atoms with E-state index in [0.29, 0.717) is 34.6 Å². The Kier molecular flexibility index (Phi) is 9.27. The first-order valence-corrected chi connectivity index (χ1v) is 13.4. The van der Waals surface area contributed by atoms with E-state index in [1.54, 1.807) is 53.7 Å². The van der Waals surface area contributed by atoms with Gasteiger partial charge in [-0.2, -0.15) is 4.98 Å². The summed E-state index contributed by atoms with van der Waals surface area (Å²) in [6.07, 6.45) is 1.09. The van der Waals surface area contributed by atoms with Crippen molar-refractivity contribution in [1.82, 2.24) is 15.3 Å². The number of aryl methyl sites for hydroxylation is 1. The first-order valence-electron chi connectivity index (χ1n) is 12.3. The van der Waals surface area contributed by atoms with Crippen molar-refractivity contribution in [2.75, 3.05) is 11.5 Å². The number of rotatable bonds is 8. The van der Waals surface area contributed by atoms with Crippen LogP contribution in [0.4, 0.5) is 15.4 Å². The summed E-state index contributed by atoms with van der Waals surface area (Å²) in [5.41, 5.74) is 0.0389. The van der Waals surface area contributed by atoms with Crippen molar-refractivity contribution in [3.05, 3.63) is 39.9 Å². The zero-order valence-corrected chi connectivity index (χ0v) is 24.3. The van der Waals surface area contributed by atoms with Crippen LogP contribution in [0.5, 0.6) is 0 Å². The lowest BCUT2D eigenvalue weighted by Gasteiger charge is -2.26. The third kappa shape index (κ3) is 8.05. The topological polar surface area (TPSA) is 127 Å². The van der Waals surface area contributed by atoms with Gasteiger partial charge in [0, 0.05) is 23.9 Å². The van der Waals surface area contributed by atoms with E-state index >= 15 is 0 Å². The Balaban J connectivity index is 2.01. The number of hydrogen-bond donors (Lipinski definition) is 2. The highest BCUT2D eigenvalue weighted by Gasteiger charge is 2.30. The Morgan fingerprint density at radius 3 is 2.45 bits per heavy atom. The smallest absolute Gasteiger partial charge is 0.416 e. The minimum Gasteiger partial charge on any atom is -0.467 e. The SMILES string of the molecule is Cc1c(C[C@H](CCO)NC(=O)OC(C)(C)C)sc2c(N(Cc3ccco3)C(=O)OC(C)(C)C)nc(Cl)nc12. The number of hydrogen-bond acceptors (Lipinski definition) is 9. The molecular weight excluding hydrogens is 532 g/mol. The minimum atomic E-state index is -0.740. The molecule has 0 saturated carbocycles. The lowest BCUT2D eigenvalue weighted by atomic mass is 10.1. The van der Waals surface area contributed by atoms with Crippen molar-refractivity contribution in [3.63, 3.8) is 0 Å². The summed E-state index contributed by atoms with van der Waals surface area (Å²) in [6.45, 7) is 12.6. The number of aromatic nitrogens is 2. The number of ether oxygens (including phenoxy) is 2. The number of anilines is 1. The molecule has 2 N–H and O–H groups in total. The molecule has 3 aromatic heterocycles. The number of amides is 2. The van der Waals surface area contributed by atoms with Crippen LogP contribution in [0.1, 0.15) is 64.2 Å². The Labute approximate surface area is 231 Å². The van der Waals surface area contributed by atoms with Gasteiger partial charge in [-0.3, -0.25) is 4.90 Å². The molecule has 0 aliphatic rings. The number of nitrogens with zero attached hydrogens (tertiary/aromatic N) is 3. The van der Waals surface area contributed by atoms with Crippen LogP contribution >= 0.6 is 22.9 Å². The third-order valence-corrected chi connectivity index (χ3v) is 6.68. The number of carbonyl (C=O) groups is 2. The Morgan fingerprint density at radius 2 is 1.87 bits per heavy atom. The normalized spacial score (nSPS) is 12.9. The first kappa shape index (κ1) is 29.7. The van der Waals surface area contributed by atoms with Crippen molar-refractivity contribution in [2.24, 2.45) is 0 Å². The van der Waals surface area contributed by atoms with E-state index in [4.69, 9.17) is 25.5 Å². The van der Waals surface area contributed by atoms with Crippen LogP contribution in [0, 0.1) is 6.92 Å². The summed E-state index contributed by atoms with van der Waals surface area (Å²) in [5, 5.41) is 12.4. The second kappa shape index (κ2) is 11.9. The molecule has 0 radical (unpaired) electrons. The molecule has 38 heavy (non-hydrogen) atoms. The van der Waals surface area contributed by atoms with E-state index in [1.807, 2.05) is 6.92 Å². The largest absolute Gasteiger partial charge is 0.467 e. The van der Waals surface area contributed by atoms with Gasteiger partial charge in [-0.25, -0.2) is 14.6 Å². The van der Waals surface area contributed by atoms with Crippen LogP contribution in [-0.4, -0.2) is 51.1 Å². The van der Waals surface area contributed by atoms with E-state index in [-0.39, 0.29) is 18.4 Å². The van der Waals surface area contributed by atoms with E-state index in [9.17, 15) is 14.7 Å². The number of fused-ring (bicyclic) bond motifs is 1. The summed E-state index contributed by atoms with van der Waals surface area (Å²) >= 11 is 7.72. The third-order valence-electron chi connectivity index (χ3n) is 5.21. The molecule has 0 aromatic carbocycles. The number of nitrogens with one attached hydrogen (secondary N) is 1. The van der Waals surface area contributed by atoms with Crippen LogP contribution in [0.3, 0.4) is 0 Å². The Hall–Kier alpha value is -2.89. The summed E-state index contributed by atoms with van der Waals surface area (Å²) in [6, 6.07) is 3.10. The maximum absolute atomic E-state index is 13.3. The molecule has 0 fully saturated rings. The van der Waals surface area contributed by atoms with Gasteiger partial charge in [0.25, 0.3) is 0 Å². The van der Waals surface area contributed by atoms with Crippen LogP contribution < -0.4 is 10.2 Å². The molecule has 0 spiro atoms. The van der Waals surface area contributed by atoms with Crippen molar-refractivity contribution in [1.29, 1.82) is 0 Å². The molecule has 2 amide bonds. The van der Waals surface area contributed by atoms with E-state index < -0.39 is 29.4 Å². The molecule has 0 aliphatic carbocycles. The zero-order valence-electron chi connectivity index (χ0n) is 22.8. The van der Waals surface area contributed by atoms with Crippen molar-refractivity contribution in [3.8, 4) is 0 Å². The average molecular weight is 567 g/mol. The number of aliphatic hydroxyl groups excluding tert-OH is 1. The fraction of sp³-hybridized carbons (Fsp3) is 0.538. The fourth-order valence-electron chi connectivity index (χ4n) is 3.65. The monoisotopic (exact) mass is 566 g/mol. The van der Waals surface area contributed by atoms with Gasteiger partial charge in [-0.05, 0) is 84.2 Å². The molecule has 1 atom stereocenters. The van der Waals surface area contributed by atoms with Gasteiger partial charge in [0.05, 0.1) is 23.0 Å². The van der Waals surface area contributed by atoms with Gasteiger partial charge >= 0.3 is 12.2 Å². The maximum Gasteiger partial charge on any atom is 0.416 e. The summed E-state index contributed by atoms with van der Waals surface area (Å²) < 4.78 is 17.2. The highest BCUT2D eigenvalue weighted by molar-refractivity contribution is 7.19. The van der Waals surface area contributed by atoms with Crippen LogP contribution in [-0.2, 0) is 22.4 Å². The van der Waals surface area contributed by atoms with Gasteiger partial charge < -0.3 is 24.3 Å². The molecule has 0 aliphatic heterocycles. The quantitative estimate of drug-likeness (QED) is 0.317. The first-order chi connectivity index (χ1) is 17.7. The van der Waals surface area contributed by atoms with Gasteiger partial charge in [0.1, 0.15) is 17.0 Å². The second-order valence-electron chi connectivity index (χ2n) is 10.8. The molecule has 0 unspecified atom stereocenters. The number of aliphatic hydroxyl groups is 1. The number of carbonyl (C=O) groups excluding carboxylic acids is 2. The lowest BCUT2D eigenvalue weighted by Crippen LogP contribution is -2.40. The molecule has 0 saturated heterocycles. The van der Waals surface area contributed by atoms with Crippen LogP contribution in [0.25, 0.3) is 10.2 Å². The zero-order chi connectivity index (χ0) is 28.3. The summed E-state index contributed by atoms with van der Waals surface area (Å²) in [5.74, 6) is 0.834. The Bertz CT molecular complexity index is 1260. The van der Waals surface area contributed by atoms with Gasteiger partial charge in [0.15, 0.2) is 5.82 Å². The molecule has 3 heterocycles. The number of alkyl carbamates (subject to hydrolysis) is 1. The molecule has 12 heteroatoms. The standard InChI is InChI=1S/C26H35ClN4O6S/c1-15-18(13-16(10-11-32)28-23(33)36-25(2,3)4)38-20-19(15)29-22(27)30-21(20)31(14-17-9-8-12-35-17)24(34)37-26(5,6)7/h8-9,12,16,32H,10-11,13-14H2,1-7H3,(H,28,33)/t16-/m0/s1. The molecule has 0 bridgehead atoms. The number of thiophene rings is 1. The fourth-order valence-corrected chi connectivity index (χ4v) is 5.14. The molecular formula is C26H35ClN4O6S. The van der Waals surface area contributed by atoms with Crippen molar-refractivity contribution >= 4 is 51.2 Å². The van der Waals surface area contributed by atoms with E-state index in [1.165, 1.54) is 22.5 Å². The van der Waals surface area contributed by atoms with Gasteiger partial charge in [0.2, 0.25) is 5.28 Å². The maximum atomic E-state index is 13.3. The average Bonchev–Trinajstić information content (AvgIpc) is 3.38. The van der Waals surface area contributed by atoms with Crippen molar-refractivity contribution in [2.45, 2.75) is 85.1 Å². The summed E-state index contributed by atoms with van der Waals surface area (Å²) in [4.78, 5) is 36.8. The van der Waals surface area contributed by atoms with Crippen molar-refractivity contribution < 1.29 is 28.6 Å². The summed E-state index contributed by atoms with van der Waals surface area (Å²) in [7, 11) is 0. The predicted molar refractivity (Wildman–Crippen MR) is 147 cm³/mol. The number of halogens is 1. The van der Waals surface area contributed by atoms with Crippen LogP contribution in [0.2, 0.25) is 5.28 Å². The Morgan fingerprint density at radius 1 is 1.18 bits per heavy atom. The highest BCUT2D eigenvalue weighted by Crippen LogP contribution is 2.38. The second-order valence-corrected chi connectivity index (χ2v) is 12.3. The van der Waals surface area contributed by atoms with E-state index in [0.717, 1.165) is 10.4 Å². The lowest BCUT2D eigenvalue weighted by molar-refractivity contribution is 0.0495. The molecule has 10 nitrogen and oxygen atoms in total. The molecule has 208 valence electrons.